The molecule has 3 aromatic rings. The summed E-state index contributed by atoms with van der Waals surface area (Å²) in [6, 6.07) is 19.0. The number of hydrogen-bond acceptors (Lipinski definition) is 6. The van der Waals surface area contributed by atoms with Crippen molar-refractivity contribution in [1.29, 1.82) is 0 Å². The second-order valence-electron chi connectivity index (χ2n) is 8.10. The van der Waals surface area contributed by atoms with Gasteiger partial charge in [-0.2, -0.15) is 5.10 Å². The van der Waals surface area contributed by atoms with Crippen molar-refractivity contribution in [3.63, 3.8) is 0 Å². The summed E-state index contributed by atoms with van der Waals surface area (Å²) in [5.41, 5.74) is 4.47. The largest absolute Gasteiger partial charge is 0.493 e. The number of Topliss-reactive ketones (excluding diaryl/α,β-unsaturated/α-hetero) is 1. The Morgan fingerprint density at radius 2 is 1.79 bits per heavy atom. The van der Waals surface area contributed by atoms with Gasteiger partial charge in [0.2, 0.25) is 5.78 Å². The van der Waals surface area contributed by atoms with Gasteiger partial charge < -0.3 is 14.2 Å². The van der Waals surface area contributed by atoms with Gasteiger partial charge in [-0.25, -0.2) is 5.01 Å². The maximum absolute atomic E-state index is 13.5. The summed E-state index contributed by atoms with van der Waals surface area (Å²) < 4.78 is 18.0. The Labute approximate surface area is 200 Å². The molecule has 0 radical (unpaired) electrons. The van der Waals surface area contributed by atoms with Gasteiger partial charge in [0, 0.05) is 27.6 Å². The summed E-state index contributed by atoms with van der Waals surface area (Å²) in [5.74, 6) is 1.87. The molecule has 0 aromatic heterocycles. The third kappa shape index (κ3) is 3.86. The van der Waals surface area contributed by atoms with E-state index in [0.717, 1.165) is 26.9 Å². The lowest BCUT2D eigenvalue weighted by Gasteiger charge is -2.37. The average molecular weight is 507 g/mol. The molecule has 0 N–H and O–H groups in total. The quantitative estimate of drug-likeness (QED) is 0.426. The fraction of sp³-hybridized carbons (Fsp3) is 0.231. The molecule has 3 aromatic carbocycles. The number of rotatable bonds is 5. The third-order valence-corrected chi connectivity index (χ3v) is 6.52. The fourth-order valence-corrected chi connectivity index (χ4v) is 4.66. The number of methoxy groups -OCH3 is 2. The van der Waals surface area contributed by atoms with Crippen molar-refractivity contribution in [2.24, 2.45) is 5.10 Å². The zero-order valence-corrected chi connectivity index (χ0v) is 20.1. The lowest BCUT2D eigenvalue weighted by molar-refractivity contribution is -0.00459. The molecule has 6 nitrogen and oxygen atoms in total. The molecular formula is C26H23BrN2O4. The van der Waals surface area contributed by atoms with Gasteiger partial charge in [-0.3, -0.25) is 4.79 Å². The topological polar surface area (TPSA) is 60.4 Å². The van der Waals surface area contributed by atoms with Crippen molar-refractivity contribution in [2.75, 3.05) is 14.2 Å². The maximum Gasteiger partial charge on any atom is 0.251 e. The van der Waals surface area contributed by atoms with Gasteiger partial charge in [0.15, 0.2) is 11.5 Å². The Bertz CT molecular complexity index is 1260. The smallest absolute Gasteiger partial charge is 0.251 e. The first-order valence-electron chi connectivity index (χ1n) is 10.6. The summed E-state index contributed by atoms with van der Waals surface area (Å²) in [5, 5.41) is 6.67. The van der Waals surface area contributed by atoms with E-state index in [9.17, 15) is 4.79 Å². The van der Waals surface area contributed by atoms with Crippen LogP contribution in [0.25, 0.3) is 0 Å². The second-order valence-corrected chi connectivity index (χ2v) is 9.01. The highest BCUT2D eigenvalue weighted by atomic mass is 79.9. The van der Waals surface area contributed by atoms with Gasteiger partial charge in [0.1, 0.15) is 5.75 Å². The van der Waals surface area contributed by atoms with Crippen molar-refractivity contribution in [3.8, 4) is 17.2 Å². The van der Waals surface area contributed by atoms with E-state index in [-0.39, 0.29) is 11.8 Å². The van der Waals surface area contributed by atoms with Gasteiger partial charge in [0.25, 0.3) is 6.23 Å². The van der Waals surface area contributed by atoms with Crippen molar-refractivity contribution >= 4 is 27.4 Å². The predicted molar refractivity (Wildman–Crippen MR) is 129 cm³/mol. The summed E-state index contributed by atoms with van der Waals surface area (Å²) in [7, 11) is 3.22. The molecule has 168 valence electrons. The van der Waals surface area contributed by atoms with Gasteiger partial charge in [0.05, 0.1) is 26.0 Å². The molecule has 0 amide bonds. The van der Waals surface area contributed by atoms with E-state index < -0.39 is 6.23 Å². The first-order chi connectivity index (χ1) is 16.0. The van der Waals surface area contributed by atoms with Crippen LogP contribution in [0.5, 0.6) is 17.2 Å². The highest BCUT2D eigenvalue weighted by Gasteiger charge is 2.43. The van der Waals surface area contributed by atoms with Crippen LogP contribution in [0.2, 0.25) is 0 Å². The zero-order valence-electron chi connectivity index (χ0n) is 18.5. The van der Waals surface area contributed by atoms with Crippen LogP contribution in [-0.2, 0) is 0 Å². The van der Waals surface area contributed by atoms with Gasteiger partial charge >= 0.3 is 0 Å². The van der Waals surface area contributed by atoms with E-state index >= 15 is 0 Å². The Kier molecular flexibility index (Phi) is 5.58. The van der Waals surface area contributed by atoms with E-state index in [2.05, 4.69) is 15.9 Å². The van der Waals surface area contributed by atoms with Gasteiger partial charge in [-0.15, -0.1) is 0 Å². The van der Waals surface area contributed by atoms with Crippen LogP contribution in [0.4, 0.5) is 0 Å². The number of carbonyl (C=O) groups excluding carboxylic acids is 1. The number of halogens is 1. The summed E-state index contributed by atoms with van der Waals surface area (Å²) in [4.78, 5) is 13.5. The molecule has 2 heterocycles. The molecule has 0 fully saturated rings. The molecule has 2 aliphatic heterocycles. The number of hydrazone groups is 1. The first-order valence-corrected chi connectivity index (χ1v) is 11.4. The Hall–Kier alpha value is -3.32. The van der Waals surface area contributed by atoms with E-state index in [1.807, 2.05) is 67.6 Å². The average Bonchev–Trinajstić information content (AvgIpc) is 3.29. The van der Waals surface area contributed by atoms with Crippen LogP contribution < -0.4 is 14.2 Å². The van der Waals surface area contributed by atoms with Crippen molar-refractivity contribution in [2.45, 2.75) is 25.6 Å². The van der Waals surface area contributed by atoms with Gasteiger partial charge in [-0.1, -0.05) is 45.8 Å². The maximum atomic E-state index is 13.5. The molecule has 0 spiro atoms. The van der Waals surface area contributed by atoms with Crippen LogP contribution in [0.3, 0.4) is 0 Å². The van der Waals surface area contributed by atoms with E-state index in [4.69, 9.17) is 19.3 Å². The number of carbonyl (C=O) groups is 1. The standard InChI is InChI=1S/C26H23BrN2O4/c1-15-4-6-16(7-5-15)25(30)26-29-21(19-13-18(27)9-11-22(19)33-26)14-20(28-29)17-8-10-23(31-2)24(12-17)32-3/h4-13,21,26H,14H2,1-3H3/t21-,26+/m0/s1. The number of aryl methyl sites for hydroxylation is 1. The Balaban J connectivity index is 1.56. The molecule has 0 saturated heterocycles. The third-order valence-electron chi connectivity index (χ3n) is 6.03. The molecule has 0 aliphatic carbocycles. The summed E-state index contributed by atoms with van der Waals surface area (Å²) in [6.07, 6.45) is -0.205. The lowest BCUT2D eigenvalue weighted by atomic mass is 9.95. The summed E-state index contributed by atoms with van der Waals surface area (Å²) in [6.45, 7) is 2.00. The number of ketones is 1. The zero-order chi connectivity index (χ0) is 23.1. The molecule has 2 aliphatic rings. The number of benzene rings is 3. The highest BCUT2D eigenvalue weighted by Crippen LogP contribution is 2.45. The molecule has 2 atom stereocenters. The molecule has 0 unspecified atom stereocenters. The monoisotopic (exact) mass is 506 g/mol. The minimum Gasteiger partial charge on any atom is -0.493 e. The van der Waals surface area contributed by atoms with Crippen LogP contribution >= 0.6 is 15.9 Å². The molecule has 0 bridgehead atoms. The van der Waals surface area contributed by atoms with Gasteiger partial charge in [-0.05, 0) is 43.3 Å². The van der Waals surface area contributed by atoms with Crippen molar-refractivity contribution < 1.29 is 19.0 Å². The second kappa shape index (κ2) is 8.56. The number of fused-ring (bicyclic) bond motifs is 3. The van der Waals surface area contributed by atoms with Crippen molar-refractivity contribution in [1.82, 2.24) is 5.01 Å². The molecular weight excluding hydrogens is 484 g/mol. The molecule has 7 heteroatoms. The van der Waals surface area contributed by atoms with E-state index in [1.165, 1.54) is 0 Å². The normalized spacial score (nSPS) is 18.7. The number of ether oxygens (including phenoxy) is 3. The minimum absolute atomic E-state index is 0.117. The van der Waals surface area contributed by atoms with Crippen LogP contribution in [0, 0.1) is 6.92 Å². The Morgan fingerprint density at radius 1 is 1.03 bits per heavy atom. The molecule has 0 saturated carbocycles. The number of hydrogen-bond donors (Lipinski definition) is 0. The van der Waals surface area contributed by atoms with E-state index in [1.54, 1.807) is 19.2 Å². The SMILES string of the molecule is COc1ccc(C2=NN3[C@@H](C(=O)c4ccc(C)cc4)Oc4ccc(Br)cc4[C@@H]3C2)cc1OC. The predicted octanol–water partition coefficient (Wildman–Crippen LogP) is 5.53. The lowest BCUT2D eigenvalue weighted by Crippen LogP contribution is -2.45. The molecule has 5 rings (SSSR count). The molecule has 33 heavy (non-hydrogen) atoms. The number of nitrogens with zero attached hydrogens (tertiary/aromatic N) is 2. The summed E-state index contributed by atoms with van der Waals surface area (Å²) >= 11 is 3.56. The Morgan fingerprint density at radius 3 is 2.52 bits per heavy atom. The van der Waals surface area contributed by atoms with Crippen LogP contribution in [-0.4, -0.2) is 37.0 Å². The van der Waals surface area contributed by atoms with Crippen molar-refractivity contribution in [3.05, 3.63) is 87.4 Å². The highest BCUT2D eigenvalue weighted by molar-refractivity contribution is 9.10. The van der Waals surface area contributed by atoms with E-state index in [0.29, 0.717) is 29.2 Å². The fourth-order valence-electron chi connectivity index (χ4n) is 4.28. The minimum atomic E-state index is -0.843. The first kappa shape index (κ1) is 21.5. The van der Waals surface area contributed by atoms with Crippen LogP contribution in [0.15, 0.2) is 70.2 Å². The van der Waals surface area contributed by atoms with Crippen LogP contribution in [0.1, 0.15) is 39.5 Å².